The van der Waals surface area contributed by atoms with Crippen molar-refractivity contribution in [1.29, 1.82) is 0 Å². The van der Waals surface area contributed by atoms with Gasteiger partial charge in [0.15, 0.2) is 0 Å². The van der Waals surface area contributed by atoms with Crippen LogP contribution >= 0.6 is 11.3 Å². The van der Waals surface area contributed by atoms with Crippen molar-refractivity contribution in [3.8, 4) is 5.88 Å². The lowest BCUT2D eigenvalue weighted by molar-refractivity contribution is 0.297. The number of hydrogen-bond acceptors (Lipinski definition) is 4. The average molecular weight is 255 g/mol. The number of ether oxygens (including phenoxy) is 1. The first-order valence-corrected chi connectivity index (χ1v) is 6.50. The summed E-state index contributed by atoms with van der Waals surface area (Å²) in [4.78, 5) is 9.70. The molecule has 0 aliphatic heterocycles. The fourth-order valence-corrected chi connectivity index (χ4v) is 2.51. The first-order chi connectivity index (χ1) is 8.83. The minimum Gasteiger partial charge on any atom is -0.472 e. The third-order valence-electron chi connectivity index (χ3n) is 2.56. The highest BCUT2D eigenvalue weighted by Crippen LogP contribution is 2.27. The lowest BCUT2D eigenvalue weighted by atomic mass is 10.2. The molecule has 0 N–H and O–H groups in total. The molecule has 3 nitrogen and oxygen atoms in total. The zero-order valence-corrected chi connectivity index (χ0v) is 10.7. The van der Waals surface area contributed by atoms with Gasteiger partial charge >= 0.3 is 0 Å². The summed E-state index contributed by atoms with van der Waals surface area (Å²) in [6.07, 6.45) is 0. The molecule has 3 rings (SSSR count). The molecule has 1 radical (unpaired) electrons. The molecule has 0 saturated carbocycles. The van der Waals surface area contributed by atoms with Crippen LogP contribution in [0.1, 0.15) is 11.4 Å². The van der Waals surface area contributed by atoms with E-state index < -0.39 is 0 Å². The van der Waals surface area contributed by atoms with E-state index in [1.807, 2.05) is 42.6 Å². The predicted molar refractivity (Wildman–Crippen MR) is 71.8 cm³/mol. The summed E-state index contributed by atoms with van der Waals surface area (Å²) in [6.45, 7) is 2.39. The van der Waals surface area contributed by atoms with E-state index >= 15 is 0 Å². The van der Waals surface area contributed by atoms with E-state index in [1.165, 1.54) is 0 Å². The van der Waals surface area contributed by atoms with Crippen molar-refractivity contribution in [1.82, 2.24) is 9.97 Å². The highest BCUT2D eigenvalue weighted by Gasteiger charge is 2.08. The Labute approximate surface area is 109 Å². The molecule has 0 fully saturated rings. The van der Waals surface area contributed by atoms with E-state index in [4.69, 9.17) is 4.74 Å². The summed E-state index contributed by atoms with van der Waals surface area (Å²) < 4.78 is 5.79. The van der Waals surface area contributed by atoms with Crippen molar-refractivity contribution in [2.75, 3.05) is 0 Å². The summed E-state index contributed by atoms with van der Waals surface area (Å²) in [7, 11) is 0. The fraction of sp³-hybridized carbons (Fsp3) is 0.143. The van der Waals surface area contributed by atoms with E-state index in [0.717, 1.165) is 21.6 Å². The Kier molecular flexibility index (Phi) is 2.94. The van der Waals surface area contributed by atoms with Crippen molar-refractivity contribution in [3.05, 3.63) is 53.2 Å². The van der Waals surface area contributed by atoms with Gasteiger partial charge in [0.05, 0.1) is 5.39 Å². The molecule has 0 amide bonds. The molecule has 0 unspecified atom stereocenters. The molecular formula is C14H11N2OS. The minimum absolute atomic E-state index is 0.510. The molecule has 0 aliphatic carbocycles. The monoisotopic (exact) mass is 255 g/mol. The Hall–Kier alpha value is -1.94. The minimum atomic E-state index is 0.510. The third-order valence-corrected chi connectivity index (χ3v) is 3.37. The number of nitrogens with zero attached hydrogens (tertiary/aromatic N) is 2. The Morgan fingerprint density at radius 3 is 2.89 bits per heavy atom. The topological polar surface area (TPSA) is 35.0 Å². The number of fused-ring (bicyclic) bond motifs is 1. The van der Waals surface area contributed by atoms with E-state index in [1.54, 1.807) is 11.3 Å². The molecular weight excluding hydrogens is 244 g/mol. The summed E-state index contributed by atoms with van der Waals surface area (Å²) in [5.41, 5.74) is 1.10. The van der Waals surface area contributed by atoms with Gasteiger partial charge in [-0.1, -0.05) is 24.3 Å². The largest absolute Gasteiger partial charge is 0.472 e. The van der Waals surface area contributed by atoms with Crippen LogP contribution in [0.15, 0.2) is 35.7 Å². The molecule has 18 heavy (non-hydrogen) atoms. The van der Waals surface area contributed by atoms with E-state index in [-0.39, 0.29) is 0 Å². The van der Waals surface area contributed by atoms with Crippen LogP contribution in [0.3, 0.4) is 0 Å². The molecule has 0 atom stereocenters. The first kappa shape index (κ1) is 11.2. The lowest BCUT2D eigenvalue weighted by Gasteiger charge is -2.06. The van der Waals surface area contributed by atoms with Gasteiger partial charge in [0.25, 0.3) is 0 Å². The highest BCUT2D eigenvalue weighted by molar-refractivity contribution is 7.16. The molecule has 1 aromatic carbocycles. The van der Waals surface area contributed by atoms with Gasteiger partial charge in [-0.2, -0.15) is 4.98 Å². The highest BCUT2D eigenvalue weighted by atomic mass is 32.1. The van der Waals surface area contributed by atoms with Crippen LogP contribution in [-0.2, 0) is 6.61 Å². The van der Waals surface area contributed by atoms with Crippen molar-refractivity contribution in [2.45, 2.75) is 13.5 Å². The van der Waals surface area contributed by atoms with Crippen molar-refractivity contribution in [3.63, 3.8) is 0 Å². The van der Waals surface area contributed by atoms with Crippen LogP contribution < -0.4 is 4.74 Å². The van der Waals surface area contributed by atoms with Crippen LogP contribution in [-0.4, -0.2) is 9.97 Å². The van der Waals surface area contributed by atoms with Crippen LogP contribution in [0, 0.1) is 13.0 Å². The van der Waals surface area contributed by atoms with Gasteiger partial charge in [-0.25, -0.2) is 4.98 Å². The molecule has 4 heteroatoms. The maximum Gasteiger partial charge on any atom is 0.225 e. The molecule has 0 spiro atoms. The SMILES string of the molecule is Cc1nc(OCc2cc[c]cc2)c2ccsc2n1. The Bertz CT molecular complexity index is 664. The second-order valence-corrected chi connectivity index (χ2v) is 4.81. The molecule has 89 valence electrons. The smallest absolute Gasteiger partial charge is 0.225 e. The number of hydrogen-bond donors (Lipinski definition) is 0. The maximum absolute atomic E-state index is 5.79. The molecule has 2 heterocycles. The van der Waals surface area contributed by atoms with Crippen molar-refractivity contribution < 1.29 is 4.74 Å². The van der Waals surface area contributed by atoms with Gasteiger partial charge < -0.3 is 4.74 Å². The number of aryl methyl sites for hydroxylation is 1. The zero-order valence-electron chi connectivity index (χ0n) is 9.88. The van der Waals surface area contributed by atoms with Crippen molar-refractivity contribution >= 4 is 21.6 Å². The van der Waals surface area contributed by atoms with Crippen LogP contribution in [0.25, 0.3) is 10.2 Å². The van der Waals surface area contributed by atoms with Crippen LogP contribution in [0.4, 0.5) is 0 Å². The number of aromatic nitrogens is 2. The van der Waals surface area contributed by atoms with Crippen LogP contribution in [0.2, 0.25) is 0 Å². The average Bonchev–Trinajstić information content (AvgIpc) is 2.85. The number of rotatable bonds is 3. The predicted octanol–water partition coefficient (Wildman–Crippen LogP) is 3.38. The van der Waals surface area contributed by atoms with Gasteiger partial charge in [0, 0.05) is 0 Å². The standard InChI is InChI=1S/C14H11N2OS/c1-10-15-13(12-7-8-18-14(12)16-10)17-9-11-5-3-2-4-6-11/h3-8H,9H2,1H3. The Morgan fingerprint density at radius 1 is 1.22 bits per heavy atom. The number of thiophene rings is 1. The molecule has 2 aromatic heterocycles. The molecule has 0 bridgehead atoms. The lowest BCUT2D eigenvalue weighted by Crippen LogP contribution is -1.99. The van der Waals surface area contributed by atoms with Crippen molar-refractivity contribution in [2.24, 2.45) is 0 Å². The summed E-state index contributed by atoms with van der Waals surface area (Å²) in [6, 6.07) is 12.7. The van der Waals surface area contributed by atoms with Gasteiger partial charge in [0.1, 0.15) is 17.3 Å². The number of benzene rings is 1. The first-order valence-electron chi connectivity index (χ1n) is 5.62. The molecule has 0 aliphatic rings. The third kappa shape index (κ3) is 2.19. The summed E-state index contributed by atoms with van der Waals surface area (Å²) in [5.74, 6) is 1.40. The second-order valence-electron chi connectivity index (χ2n) is 3.91. The molecule has 3 aromatic rings. The summed E-state index contributed by atoms with van der Waals surface area (Å²) in [5, 5.41) is 2.98. The van der Waals surface area contributed by atoms with E-state index in [0.29, 0.717) is 12.5 Å². The zero-order chi connectivity index (χ0) is 12.4. The fourth-order valence-electron chi connectivity index (χ4n) is 1.71. The molecule has 0 saturated heterocycles. The van der Waals surface area contributed by atoms with E-state index in [9.17, 15) is 0 Å². The summed E-state index contributed by atoms with van der Waals surface area (Å²) >= 11 is 1.60. The Morgan fingerprint density at radius 2 is 2.06 bits per heavy atom. The van der Waals surface area contributed by atoms with Gasteiger partial charge in [-0.05, 0) is 30.0 Å². The quantitative estimate of drug-likeness (QED) is 0.719. The maximum atomic E-state index is 5.79. The van der Waals surface area contributed by atoms with Gasteiger partial charge in [0.2, 0.25) is 5.88 Å². The van der Waals surface area contributed by atoms with Crippen LogP contribution in [0.5, 0.6) is 5.88 Å². The van der Waals surface area contributed by atoms with Gasteiger partial charge in [-0.3, -0.25) is 0 Å². The Balaban J connectivity index is 1.88. The second kappa shape index (κ2) is 4.74. The van der Waals surface area contributed by atoms with Gasteiger partial charge in [-0.15, -0.1) is 11.3 Å². The normalized spacial score (nSPS) is 10.7. The van der Waals surface area contributed by atoms with E-state index in [2.05, 4.69) is 16.0 Å².